The molecule has 5 nitrogen and oxygen atoms in total. The number of aryl methyl sites for hydroxylation is 1. The summed E-state index contributed by atoms with van der Waals surface area (Å²) in [5, 5.41) is 8.41. The highest BCUT2D eigenvalue weighted by atomic mass is 16.2. The van der Waals surface area contributed by atoms with E-state index in [-0.39, 0.29) is 0 Å². The van der Waals surface area contributed by atoms with E-state index in [1.54, 1.807) is 0 Å². The first-order valence-corrected chi connectivity index (χ1v) is 6.90. The molecule has 1 aliphatic heterocycles. The molecular weight excluding hydrogens is 228 g/mol. The Kier molecular flexibility index (Phi) is 2.84. The first-order valence-electron chi connectivity index (χ1n) is 6.90. The number of aromatic nitrogens is 3. The summed E-state index contributed by atoms with van der Waals surface area (Å²) in [5.41, 5.74) is 2.23. The second-order valence-corrected chi connectivity index (χ2v) is 5.42. The fourth-order valence-electron chi connectivity index (χ4n) is 2.83. The maximum atomic E-state index is 12.0. The first-order chi connectivity index (χ1) is 8.70. The third-order valence-electron chi connectivity index (χ3n) is 4.07. The largest absolute Gasteiger partial charge is 0.340 e. The van der Waals surface area contributed by atoms with Gasteiger partial charge in [0.2, 0.25) is 5.91 Å². The molecule has 0 aromatic carbocycles. The van der Waals surface area contributed by atoms with Gasteiger partial charge in [-0.2, -0.15) is 0 Å². The summed E-state index contributed by atoms with van der Waals surface area (Å²) >= 11 is 0. The zero-order valence-corrected chi connectivity index (χ0v) is 11.1. The average molecular weight is 248 g/mol. The molecule has 0 radical (unpaired) electrons. The van der Waals surface area contributed by atoms with Crippen molar-refractivity contribution in [2.24, 2.45) is 5.92 Å². The molecule has 1 amide bonds. The molecule has 5 heteroatoms. The lowest BCUT2D eigenvalue weighted by atomic mass is 10.2. The lowest BCUT2D eigenvalue weighted by molar-refractivity contribution is -0.131. The van der Waals surface area contributed by atoms with E-state index in [0.29, 0.717) is 17.9 Å². The molecule has 1 aliphatic carbocycles. The van der Waals surface area contributed by atoms with Gasteiger partial charge in [-0.05, 0) is 32.6 Å². The van der Waals surface area contributed by atoms with Gasteiger partial charge in [-0.1, -0.05) is 12.1 Å². The average Bonchev–Trinajstić information content (AvgIpc) is 2.98. The van der Waals surface area contributed by atoms with Gasteiger partial charge in [0, 0.05) is 19.0 Å². The number of hydrogen-bond acceptors (Lipinski definition) is 3. The van der Waals surface area contributed by atoms with Gasteiger partial charge < -0.3 is 4.90 Å². The third kappa shape index (κ3) is 1.91. The quantitative estimate of drug-likeness (QED) is 0.811. The van der Waals surface area contributed by atoms with Gasteiger partial charge in [0.25, 0.3) is 0 Å². The SMILES string of the molecule is CCc1c(C)nnn1C1CCN(C(=O)C2CC2)C1. The van der Waals surface area contributed by atoms with E-state index >= 15 is 0 Å². The van der Waals surface area contributed by atoms with E-state index in [1.807, 2.05) is 16.5 Å². The molecule has 0 bridgehead atoms. The molecule has 0 N–H and O–H groups in total. The number of carbonyl (C=O) groups excluding carboxylic acids is 1. The predicted molar refractivity (Wildman–Crippen MR) is 67.1 cm³/mol. The topological polar surface area (TPSA) is 51.0 Å². The minimum absolute atomic E-state index is 0.323. The predicted octanol–water partition coefficient (Wildman–Crippen LogP) is 1.33. The van der Waals surface area contributed by atoms with Crippen molar-refractivity contribution < 1.29 is 4.79 Å². The molecule has 98 valence electrons. The van der Waals surface area contributed by atoms with Crippen molar-refractivity contribution in [1.82, 2.24) is 19.9 Å². The van der Waals surface area contributed by atoms with Crippen LogP contribution in [-0.2, 0) is 11.2 Å². The minimum atomic E-state index is 0.323. The Balaban J connectivity index is 1.72. The number of amides is 1. The summed E-state index contributed by atoms with van der Waals surface area (Å²) in [4.78, 5) is 14.0. The monoisotopic (exact) mass is 248 g/mol. The molecule has 1 saturated carbocycles. The van der Waals surface area contributed by atoms with Gasteiger partial charge in [0.05, 0.1) is 17.4 Å². The molecular formula is C13H20N4O. The van der Waals surface area contributed by atoms with Crippen LogP contribution in [-0.4, -0.2) is 38.9 Å². The van der Waals surface area contributed by atoms with Crippen LogP contribution in [0.3, 0.4) is 0 Å². The van der Waals surface area contributed by atoms with Crippen LogP contribution in [0.1, 0.15) is 43.6 Å². The Bertz CT molecular complexity index is 464. The summed E-state index contributed by atoms with van der Waals surface area (Å²) < 4.78 is 2.04. The van der Waals surface area contributed by atoms with Crippen LogP contribution in [0.15, 0.2) is 0 Å². The Labute approximate surface area is 107 Å². The minimum Gasteiger partial charge on any atom is -0.340 e. The number of nitrogens with zero attached hydrogens (tertiary/aromatic N) is 4. The van der Waals surface area contributed by atoms with Gasteiger partial charge in [-0.25, -0.2) is 4.68 Å². The highest BCUT2D eigenvalue weighted by Crippen LogP contribution is 2.33. The lowest BCUT2D eigenvalue weighted by Gasteiger charge is -2.17. The molecule has 3 rings (SSSR count). The summed E-state index contributed by atoms with van der Waals surface area (Å²) in [5.74, 6) is 0.680. The smallest absolute Gasteiger partial charge is 0.225 e. The Hall–Kier alpha value is -1.39. The van der Waals surface area contributed by atoms with Crippen molar-refractivity contribution in [1.29, 1.82) is 0 Å². The van der Waals surface area contributed by atoms with Crippen molar-refractivity contribution in [3.05, 3.63) is 11.4 Å². The maximum absolute atomic E-state index is 12.0. The summed E-state index contributed by atoms with van der Waals surface area (Å²) in [6.45, 7) is 5.82. The van der Waals surface area contributed by atoms with Crippen LogP contribution in [0, 0.1) is 12.8 Å². The van der Waals surface area contributed by atoms with Gasteiger partial charge in [-0.3, -0.25) is 4.79 Å². The molecule has 1 atom stereocenters. The first kappa shape index (κ1) is 11.7. The van der Waals surface area contributed by atoms with E-state index in [9.17, 15) is 4.79 Å². The molecule has 18 heavy (non-hydrogen) atoms. The lowest BCUT2D eigenvalue weighted by Crippen LogP contribution is -2.30. The fourth-order valence-corrected chi connectivity index (χ4v) is 2.83. The Morgan fingerprint density at radius 1 is 1.39 bits per heavy atom. The Morgan fingerprint density at radius 2 is 2.17 bits per heavy atom. The normalized spacial score (nSPS) is 23.7. The highest BCUT2D eigenvalue weighted by molar-refractivity contribution is 5.81. The third-order valence-corrected chi connectivity index (χ3v) is 4.07. The van der Waals surface area contributed by atoms with Crippen molar-refractivity contribution in [2.45, 2.75) is 45.6 Å². The van der Waals surface area contributed by atoms with Gasteiger partial charge in [0.15, 0.2) is 0 Å². The van der Waals surface area contributed by atoms with E-state index in [2.05, 4.69) is 17.2 Å². The van der Waals surface area contributed by atoms with Gasteiger partial charge in [-0.15, -0.1) is 5.10 Å². The van der Waals surface area contributed by atoms with Crippen LogP contribution in [0.25, 0.3) is 0 Å². The van der Waals surface area contributed by atoms with Crippen LogP contribution in [0.5, 0.6) is 0 Å². The van der Waals surface area contributed by atoms with Crippen molar-refractivity contribution >= 4 is 5.91 Å². The van der Waals surface area contributed by atoms with E-state index < -0.39 is 0 Å². The van der Waals surface area contributed by atoms with Gasteiger partial charge in [0.1, 0.15) is 0 Å². The second kappa shape index (κ2) is 4.37. The van der Waals surface area contributed by atoms with Crippen LogP contribution in [0.2, 0.25) is 0 Å². The molecule has 1 unspecified atom stereocenters. The summed E-state index contributed by atoms with van der Waals surface area (Å²) in [6, 6.07) is 0.323. The van der Waals surface area contributed by atoms with Crippen molar-refractivity contribution in [3.63, 3.8) is 0 Å². The second-order valence-electron chi connectivity index (χ2n) is 5.42. The summed E-state index contributed by atoms with van der Waals surface area (Å²) in [7, 11) is 0. The molecule has 1 aromatic heterocycles. The Morgan fingerprint density at radius 3 is 2.83 bits per heavy atom. The van der Waals surface area contributed by atoms with Crippen molar-refractivity contribution in [2.75, 3.05) is 13.1 Å². The standard InChI is InChI=1S/C13H20N4O/c1-3-12-9(2)14-15-17(12)11-6-7-16(8-11)13(18)10-4-5-10/h10-11H,3-8H2,1-2H3. The van der Waals surface area contributed by atoms with E-state index in [1.165, 1.54) is 5.69 Å². The fraction of sp³-hybridized carbons (Fsp3) is 0.769. The van der Waals surface area contributed by atoms with E-state index in [0.717, 1.165) is 44.5 Å². The number of rotatable bonds is 3. The number of carbonyl (C=O) groups is 1. The number of hydrogen-bond donors (Lipinski definition) is 0. The molecule has 0 spiro atoms. The maximum Gasteiger partial charge on any atom is 0.225 e. The zero-order valence-electron chi connectivity index (χ0n) is 11.1. The van der Waals surface area contributed by atoms with Crippen LogP contribution in [0.4, 0.5) is 0 Å². The highest BCUT2D eigenvalue weighted by Gasteiger charge is 2.37. The zero-order chi connectivity index (χ0) is 12.7. The molecule has 2 aliphatic rings. The van der Waals surface area contributed by atoms with Crippen molar-refractivity contribution in [3.8, 4) is 0 Å². The van der Waals surface area contributed by atoms with Crippen LogP contribution < -0.4 is 0 Å². The molecule has 1 saturated heterocycles. The summed E-state index contributed by atoms with van der Waals surface area (Å²) in [6.07, 6.45) is 4.13. The van der Waals surface area contributed by atoms with E-state index in [4.69, 9.17) is 0 Å². The molecule has 2 heterocycles. The molecule has 2 fully saturated rings. The number of likely N-dealkylation sites (tertiary alicyclic amines) is 1. The van der Waals surface area contributed by atoms with Gasteiger partial charge >= 0.3 is 0 Å². The van der Waals surface area contributed by atoms with Crippen LogP contribution >= 0.6 is 0 Å². The molecule has 1 aromatic rings.